The van der Waals surface area contributed by atoms with Gasteiger partial charge in [0.1, 0.15) is 0 Å². The molecule has 4 nitrogen and oxygen atoms in total. The maximum absolute atomic E-state index is 5.01. The Hall–Kier alpha value is -2.04. The summed E-state index contributed by atoms with van der Waals surface area (Å²) in [6, 6.07) is 12.1. The summed E-state index contributed by atoms with van der Waals surface area (Å²) in [5, 5.41) is 5.44. The van der Waals surface area contributed by atoms with Gasteiger partial charge in [0.15, 0.2) is 0 Å². The summed E-state index contributed by atoms with van der Waals surface area (Å²) in [5.41, 5.74) is 1.95. The summed E-state index contributed by atoms with van der Waals surface area (Å²) in [4.78, 5) is 8.69. The van der Waals surface area contributed by atoms with Crippen molar-refractivity contribution in [2.45, 2.75) is 0 Å². The molecule has 4 heteroatoms. The fraction of sp³-hybridized carbons (Fsp3) is 0.250. The second-order valence-corrected chi connectivity index (χ2v) is 4.58. The molecule has 102 valence electrons. The van der Waals surface area contributed by atoms with Crippen LogP contribution in [0.1, 0.15) is 0 Å². The predicted octanol–water partition coefficient (Wildman–Crippen LogP) is 2.39. The molecule has 0 unspecified atom stereocenters. The molecule has 0 spiro atoms. The van der Waals surface area contributed by atoms with Gasteiger partial charge in [-0.05, 0) is 12.1 Å². The van der Waals surface area contributed by atoms with Crippen molar-refractivity contribution in [3.8, 4) is 0 Å². The molecule has 2 aromatic heterocycles. The third-order valence-electron chi connectivity index (χ3n) is 3.19. The molecule has 1 N–H and O–H groups in total. The van der Waals surface area contributed by atoms with Crippen LogP contribution in [0.25, 0.3) is 21.8 Å². The highest BCUT2D eigenvalue weighted by Gasteiger charge is 2.00. The minimum atomic E-state index is 0.889. The highest BCUT2D eigenvalue weighted by atomic mass is 16.5. The highest BCUT2D eigenvalue weighted by Crippen LogP contribution is 2.20. The van der Waals surface area contributed by atoms with Crippen molar-refractivity contribution in [3.05, 3.63) is 48.8 Å². The fourth-order valence-electron chi connectivity index (χ4n) is 2.20. The molecule has 1 aromatic carbocycles. The number of morpholine rings is 1. The minimum Gasteiger partial charge on any atom is -0.379 e. The van der Waals surface area contributed by atoms with Gasteiger partial charge in [0.25, 0.3) is 0 Å². The third kappa shape index (κ3) is 2.92. The Bertz CT molecular complexity index is 629. The van der Waals surface area contributed by atoms with Gasteiger partial charge in [-0.25, -0.2) is 0 Å². The predicted molar refractivity (Wildman–Crippen MR) is 80.7 cm³/mol. The van der Waals surface area contributed by atoms with Crippen LogP contribution in [0.15, 0.2) is 48.8 Å². The Labute approximate surface area is 117 Å². The molecule has 0 aliphatic carbocycles. The van der Waals surface area contributed by atoms with Gasteiger partial charge in [0.05, 0.1) is 24.2 Å². The highest BCUT2D eigenvalue weighted by molar-refractivity contribution is 6.02. The van der Waals surface area contributed by atoms with E-state index in [9.17, 15) is 0 Å². The number of benzene rings is 1. The van der Waals surface area contributed by atoms with Crippen molar-refractivity contribution in [1.82, 2.24) is 15.3 Å². The van der Waals surface area contributed by atoms with E-state index >= 15 is 0 Å². The minimum absolute atomic E-state index is 0.889. The van der Waals surface area contributed by atoms with Crippen molar-refractivity contribution in [1.29, 1.82) is 0 Å². The lowest BCUT2D eigenvalue weighted by atomic mass is 10.1. The van der Waals surface area contributed by atoms with Gasteiger partial charge < -0.3 is 10.1 Å². The molecular formula is C16H17N3O. The molecule has 0 amide bonds. The lowest BCUT2D eigenvalue weighted by Crippen LogP contribution is -2.30. The summed E-state index contributed by atoms with van der Waals surface area (Å²) >= 11 is 0. The van der Waals surface area contributed by atoms with E-state index < -0.39 is 0 Å². The van der Waals surface area contributed by atoms with Gasteiger partial charge in [-0.15, -0.1) is 0 Å². The Kier molecular flexibility index (Phi) is 4.16. The molecule has 1 aliphatic rings. The zero-order chi connectivity index (χ0) is 13.6. The number of rotatable bonds is 0. The number of ether oxygens (including phenoxy) is 1. The average Bonchev–Trinajstić information content (AvgIpc) is 2.57. The van der Waals surface area contributed by atoms with E-state index in [1.54, 1.807) is 12.4 Å². The number of fused-ring (bicyclic) bond motifs is 3. The van der Waals surface area contributed by atoms with E-state index in [4.69, 9.17) is 4.74 Å². The van der Waals surface area contributed by atoms with Gasteiger partial charge in [-0.2, -0.15) is 0 Å². The van der Waals surface area contributed by atoms with E-state index in [-0.39, 0.29) is 0 Å². The average molecular weight is 267 g/mol. The molecule has 4 rings (SSSR count). The van der Waals surface area contributed by atoms with E-state index in [0.29, 0.717) is 0 Å². The van der Waals surface area contributed by atoms with Crippen LogP contribution in [0.3, 0.4) is 0 Å². The van der Waals surface area contributed by atoms with Crippen LogP contribution < -0.4 is 5.32 Å². The largest absolute Gasteiger partial charge is 0.379 e. The van der Waals surface area contributed by atoms with E-state index in [2.05, 4.69) is 39.6 Å². The van der Waals surface area contributed by atoms with E-state index in [1.807, 2.05) is 12.1 Å². The van der Waals surface area contributed by atoms with Crippen molar-refractivity contribution < 1.29 is 4.74 Å². The van der Waals surface area contributed by atoms with Crippen LogP contribution >= 0.6 is 0 Å². The van der Waals surface area contributed by atoms with Gasteiger partial charge in [0, 0.05) is 36.3 Å². The third-order valence-corrected chi connectivity index (χ3v) is 3.19. The van der Waals surface area contributed by atoms with E-state index in [0.717, 1.165) is 48.1 Å². The lowest BCUT2D eigenvalue weighted by molar-refractivity contribution is 0.109. The van der Waals surface area contributed by atoms with Crippen molar-refractivity contribution in [3.63, 3.8) is 0 Å². The van der Waals surface area contributed by atoms with Gasteiger partial charge in [0.2, 0.25) is 0 Å². The first-order valence-electron chi connectivity index (χ1n) is 6.82. The van der Waals surface area contributed by atoms with Crippen molar-refractivity contribution in [2.75, 3.05) is 26.3 Å². The van der Waals surface area contributed by atoms with Crippen LogP contribution in [0, 0.1) is 0 Å². The maximum atomic E-state index is 5.01. The molecule has 0 atom stereocenters. The monoisotopic (exact) mass is 267 g/mol. The van der Waals surface area contributed by atoms with Crippen molar-refractivity contribution >= 4 is 21.8 Å². The first-order valence-corrected chi connectivity index (χ1v) is 6.82. The molecule has 0 saturated carbocycles. The summed E-state index contributed by atoms with van der Waals surface area (Å²) in [5.74, 6) is 0. The number of hydrogen-bond donors (Lipinski definition) is 1. The Morgan fingerprint density at radius 3 is 1.75 bits per heavy atom. The number of nitrogens with zero attached hydrogens (tertiary/aromatic N) is 2. The summed E-state index contributed by atoms with van der Waals surface area (Å²) in [6.45, 7) is 3.83. The van der Waals surface area contributed by atoms with Gasteiger partial charge in [-0.3, -0.25) is 9.97 Å². The van der Waals surface area contributed by atoms with Crippen LogP contribution in [0.5, 0.6) is 0 Å². The lowest BCUT2D eigenvalue weighted by Gasteiger charge is -2.10. The van der Waals surface area contributed by atoms with Crippen LogP contribution in [-0.2, 0) is 4.74 Å². The zero-order valence-electron chi connectivity index (χ0n) is 11.2. The Morgan fingerprint density at radius 1 is 0.800 bits per heavy atom. The molecule has 3 heterocycles. The zero-order valence-corrected chi connectivity index (χ0v) is 11.2. The summed E-state index contributed by atoms with van der Waals surface area (Å²) < 4.78 is 5.01. The van der Waals surface area contributed by atoms with Crippen molar-refractivity contribution in [2.24, 2.45) is 0 Å². The van der Waals surface area contributed by atoms with Crippen LogP contribution in [0.4, 0.5) is 0 Å². The molecular weight excluding hydrogens is 250 g/mol. The smallest absolute Gasteiger partial charge is 0.0964 e. The van der Waals surface area contributed by atoms with E-state index in [1.165, 1.54) is 0 Å². The quantitative estimate of drug-likeness (QED) is 0.635. The summed E-state index contributed by atoms with van der Waals surface area (Å²) in [7, 11) is 0. The first-order chi connectivity index (χ1) is 9.95. The SMILES string of the molecule is C1COCCN1.c1cnc2c(c1)ccc1cccnc12. The molecule has 1 fully saturated rings. The van der Waals surface area contributed by atoms with Gasteiger partial charge in [-0.1, -0.05) is 24.3 Å². The first kappa shape index (κ1) is 13.0. The van der Waals surface area contributed by atoms with Crippen LogP contribution in [0.2, 0.25) is 0 Å². The Morgan fingerprint density at radius 2 is 1.35 bits per heavy atom. The molecule has 0 radical (unpaired) electrons. The number of nitrogens with one attached hydrogen (secondary N) is 1. The number of pyridine rings is 2. The number of aromatic nitrogens is 2. The standard InChI is InChI=1S/C12H8N2.C4H9NO/c1-3-9-5-6-10-4-2-8-14-12(10)11(9)13-7-1;1-3-6-4-2-5-1/h1-8H;5H,1-4H2. The normalized spacial score (nSPS) is 14.8. The fourth-order valence-corrected chi connectivity index (χ4v) is 2.20. The number of hydrogen-bond acceptors (Lipinski definition) is 4. The second kappa shape index (κ2) is 6.41. The molecule has 3 aromatic rings. The molecule has 1 aliphatic heterocycles. The van der Waals surface area contributed by atoms with Crippen LogP contribution in [-0.4, -0.2) is 36.3 Å². The molecule has 0 bridgehead atoms. The second-order valence-electron chi connectivity index (χ2n) is 4.58. The maximum Gasteiger partial charge on any atom is 0.0964 e. The molecule has 20 heavy (non-hydrogen) atoms. The molecule has 1 saturated heterocycles. The topological polar surface area (TPSA) is 47.0 Å². The summed E-state index contributed by atoms with van der Waals surface area (Å²) in [6.07, 6.45) is 3.60. The Balaban J connectivity index is 0.000000170. The van der Waals surface area contributed by atoms with Gasteiger partial charge >= 0.3 is 0 Å².